The van der Waals surface area contributed by atoms with Crippen molar-refractivity contribution >= 4 is 10.0 Å². The van der Waals surface area contributed by atoms with Gasteiger partial charge in [-0.2, -0.15) is 0 Å². The Balaban J connectivity index is 2.22. The van der Waals surface area contributed by atoms with Crippen molar-refractivity contribution < 1.29 is 8.42 Å². The maximum Gasteiger partial charge on any atom is 0.243 e. The van der Waals surface area contributed by atoms with Crippen LogP contribution in [0, 0.1) is 5.92 Å². The van der Waals surface area contributed by atoms with Crippen LogP contribution in [0.25, 0.3) is 0 Å². The van der Waals surface area contributed by atoms with Crippen molar-refractivity contribution in [2.45, 2.75) is 30.7 Å². The van der Waals surface area contributed by atoms with Gasteiger partial charge in [0.1, 0.15) is 0 Å². The zero-order chi connectivity index (χ0) is 13.9. The first-order valence-corrected chi connectivity index (χ1v) is 8.18. The first-order chi connectivity index (χ1) is 9.05. The lowest BCUT2D eigenvalue weighted by Gasteiger charge is -2.30. The van der Waals surface area contributed by atoms with Crippen LogP contribution in [-0.2, 0) is 16.6 Å². The van der Waals surface area contributed by atoms with Gasteiger partial charge in [-0.15, -0.1) is 0 Å². The highest BCUT2D eigenvalue weighted by atomic mass is 32.2. The van der Waals surface area contributed by atoms with Gasteiger partial charge in [-0.25, -0.2) is 12.7 Å². The summed E-state index contributed by atoms with van der Waals surface area (Å²) in [4.78, 5) is 0.422. The predicted octanol–water partition coefficient (Wildman–Crippen LogP) is 1.83. The molecule has 106 valence electrons. The number of rotatable bonds is 6. The fourth-order valence-corrected chi connectivity index (χ4v) is 3.86. The van der Waals surface area contributed by atoms with Gasteiger partial charge in [0.25, 0.3) is 0 Å². The second kappa shape index (κ2) is 6.03. The van der Waals surface area contributed by atoms with E-state index in [-0.39, 0.29) is 0 Å². The van der Waals surface area contributed by atoms with Crippen LogP contribution in [0.2, 0.25) is 0 Å². The molecule has 0 amide bonds. The van der Waals surface area contributed by atoms with Crippen LogP contribution in [0.3, 0.4) is 0 Å². The highest BCUT2D eigenvalue weighted by molar-refractivity contribution is 7.89. The van der Waals surface area contributed by atoms with Gasteiger partial charge in [0.05, 0.1) is 4.90 Å². The molecule has 0 atom stereocenters. The van der Waals surface area contributed by atoms with Crippen molar-refractivity contribution in [1.82, 2.24) is 9.62 Å². The molecule has 0 unspecified atom stereocenters. The molecule has 1 saturated carbocycles. The van der Waals surface area contributed by atoms with E-state index in [1.165, 1.54) is 10.7 Å². The molecule has 1 aromatic carbocycles. The summed E-state index contributed by atoms with van der Waals surface area (Å²) in [6, 6.07) is 7.21. The molecule has 4 nitrogen and oxygen atoms in total. The maximum absolute atomic E-state index is 12.6. The van der Waals surface area contributed by atoms with Crippen molar-refractivity contribution in [3.8, 4) is 0 Å². The summed E-state index contributed by atoms with van der Waals surface area (Å²) in [5, 5.41) is 3.02. The van der Waals surface area contributed by atoms with E-state index in [0.29, 0.717) is 23.9 Å². The Bertz CT molecular complexity index is 524. The molecule has 1 aliphatic rings. The molecule has 0 aromatic heterocycles. The Hall–Kier alpha value is -0.910. The predicted molar refractivity (Wildman–Crippen MR) is 76.4 cm³/mol. The Morgan fingerprint density at radius 3 is 2.58 bits per heavy atom. The summed E-state index contributed by atoms with van der Waals surface area (Å²) in [5.41, 5.74) is 0.824. The molecule has 1 fully saturated rings. The SMILES string of the molecule is CNCc1ccccc1S(=O)(=O)N(C)CC1CCC1. The number of nitrogens with one attached hydrogen (secondary N) is 1. The van der Waals surface area contributed by atoms with Crippen LogP contribution in [0.4, 0.5) is 0 Å². The van der Waals surface area contributed by atoms with Gasteiger partial charge in [0.15, 0.2) is 0 Å². The molecule has 0 radical (unpaired) electrons. The van der Waals surface area contributed by atoms with E-state index in [2.05, 4.69) is 5.32 Å². The summed E-state index contributed by atoms with van der Waals surface area (Å²) in [7, 11) is 0.135. The van der Waals surface area contributed by atoms with E-state index >= 15 is 0 Å². The van der Waals surface area contributed by atoms with E-state index in [0.717, 1.165) is 18.4 Å². The molecule has 0 aliphatic heterocycles. The monoisotopic (exact) mass is 282 g/mol. The van der Waals surface area contributed by atoms with Gasteiger partial charge in [-0.05, 0) is 37.4 Å². The third-order valence-electron chi connectivity index (χ3n) is 3.77. The molecule has 0 saturated heterocycles. The summed E-state index contributed by atoms with van der Waals surface area (Å²) >= 11 is 0. The zero-order valence-corrected chi connectivity index (χ0v) is 12.4. The molecule has 0 heterocycles. The average Bonchev–Trinajstić information content (AvgIpc) is 2.34. The molecule has 5 heteroatoms. The van der Waals surface area contributed by atoms with Crippen molar-refractivity contribution in [2.24, 2.45) is 5.92 Å². The molecule has 1 N–H and O–H groups in total. The van der Waals surface area contributed by atoms with Crippen LogP contribution < -0.4 is 5.32 Å². The molecular weight excluding hydrogens is 260 g/mol. The highest BCUT2D eigenvalue weighted by Crippen LogP contribution is 2.29. The van der Waals surface area contributed by atoms with Crippen molar-refractivity contribution in [2.75, 3.05) is 20.6 Å². The quantitative estimate of drug-likeness (QED) is 0.866. The van der Waals surface area contributed by atoms with E-state index in [1.807, 2.05) is 19.2 Å². The number of benzene rings is 1. The Morgan fingerprint density at radius 1 is 1.32 bits per heavy atom. The lowest BCUT2D eigenvalue weighted by molar-refractivity contribution is 0.263. The lowest BCUT2D eigenvalue weighted by Crippen LogP contribution is -2.34. The molecule has 0 bridgehead atoms. The largest absolute Gasteiger partial charge is 0.316 e. The number of nitrogens with zero attached hydrogens (tertiary/aromatic N) is 1. The lowest BCUT2D eigenvalue weighted by atomic mass is 9.86. The van der Waals surface area contributed by atoms with Gasteiger partial charge < -0.3 is 5.32 Å². The molecule has 2 rings (SSSR count). The number of hydrogen-bond acceptors (Lipinski definition) is 3. The number of sulfonamides is 1. The summed E-state index contributed by atoms with van der Waals surface area (Å²) in [6.07, 6.45) is 3.53. The third kappa shape index (κ3) is 3.16. The highest BCUT2D eigenvalue weighted by Gasteiger charge is 2.27. The van der Waals surface area contributed by atoms with Gasteiger partial charge in [0.2, 0.25) is 10.0 Å². The second-order valence-corrected chi connectivity index (χ2v) is 7.23. The first-order valence-electron chi connectivity index (χ1n) is 6.74. The van der Waals surface area contributed by atoms with E-state index in [9.17, 15) is 8.42 Å². The third-order valence-corrected chi connectivity index (χ3v) is 5.69. The Labute approximate surface area is 115 Å². The molecule has 1 aromatic rings. The summed E-state index contributed by atoms with van der Waals surface area (Å²) < 4.78 is 26.7. The van der Waals surface area contributed by atoms with Crippen molar-refractivity contribution in [1.29, 1.82) is 0 Å². The van der Waals surface area contributed by atoms with E-state index < -0.39 is 10.0 Å². The van der Waals surface area contributed by atoms with Crippen LogP contribution in [0.5, 0.6) is 0 Å². The zero-order valence-electron chi connectivity index (χ0n) is 11.6. The normalized spacial score (nSPS) is 16.6. The molecule has 0 spiro atoms. The minimum Gasteiger partial charge on any atom is -0.316 e. The van der Waals surface area contributed by atoms with Gasteiger partial charge in [0, 0.05) is 20.1 Å². The summed E-state index contributed by atoms with van der Waals surface area (Å²) in [6.45, 7) is 1.20. The van der Waals surface area contributed by atoms with E-state index in [4.69, 9.17) is 0 Å². The van der Waals surface area contributed by atoms with Crippen molar-refractivity contribution in [3.05, 3.63) is 29.8 Å². The fourth-order valence-electron chi connectivity index (χ4n) is 2.40. The minimum absolute atomic E-state index is 0.422. The second-order valence-electron chi connectivity index (χ2n) is 5.22. The molecule has 1 aliphatic carbocycles. The van der Waals surface area contributed by atoms with E-state index in [1.54, 1.807) is 19.2 Å². The molecular formula is C14H22N2O2S. The smallest absolute Gasteiger partial charge is 0.243 e. The van der Waals surface area contributed by atoms with Crippen LogP contribution in [0.1, 0.15) is 24.8 Å². The molecule has 19 heavy (non-hydrogen) atoms. The number of hydrogen-bond donors (Lipinski definition) is 1. The van der Waals surface area contributed by atoms with Gasteiger partial charge in [-0.1, -0.05) is 24.6 Å². The van der Waals surface area contributed by atoms with Gasteiger partial charge >= 0.3 is 0 Å². The first kappa shape index (κ1) is 14.5. The minimum atomic E-state index is -3.37. The Kier molecular flexibility index (Phi) is 4.60. The fraction of sp³-hybridized carbons (Fsp3) is 0.571. The topological polar surface area (TPSA) is 49.4 Å². The van der Waals surface area contributed by atoms with Crippen LogP contribution in [0.15, 0.2) is 29.2 Å². The van der Waals surface area contributed by atoms with Crippen LogP contribution >= 0.6 is 0 Å². The average molecular weight is 282 g/mol. The van der Waals surface area contributed by atoms with Crippen molar-refractivity contribution in [3.63, 3.8) is 0 Å². The Morgan fingerprint density at radius 2 is 2.00 bits per heavy atom. The van der Waals surface area contributed by atoms with Crippen LogP contribution in [-0.4, -0.2) is 33.4 Å². The standard InChI is InChI=1S/C14H22N2O2S/c1-15-10-13-8-3-4-9-14(13)19(17,18)16(2)11-12-6-5-7-12/h3-4,8-9,12,15H,5-7,10-11H2,1-2H3. The maximum atomic E-state index is 12.6. The summed E-state index contributed by atoms with van der Waals surface area (Å²) in [5.74, 6) is 0.538. The van der Waals surface area contributed by atoms with Gasteiger partial charge in [-0.3, -0.25) is 0 Å².